The minimum absolute atomic E-state index is 0.0395. The van der Waals surface area contributed by atoms with Gasteiger partial charge in [-0.3, -0.25) is 4.79 Å². The predicted octanol–water partition coefficient (Wildman–Crippen LogP) is 2.96. The highest BCUT2D eigenvalue weighted by molar-refractivity contribution is 6.31. The van der Waals surface area contributed by atoms with E-state index >= 15 is 0 Å². The fourth-order valence-corrected chi connectivity index (χ4v) is 3.03. The molecule has 0 radical (unpaired) electrons. The molecular weight excluding hydrogens is 389 g/mol. The number of hydrogen-bond acceptors (Lipinski definition) is 6. The van der Waals surface area contributed by atoms with Gasteiger partial charge in [0.15, 0.2) is 5.82 Å². The zero-order valence-corrected chi connectivity index (χ0v) is 16.5. The van der Waals surface area contributed by atoms with Gasteiger partial charge in [0.05, 0.1) is 6.20 Å². The molecule has 0 aliphatic carbocycles. The van der Waals surface area contributed by atoms with Crippen LogP contribution in [-0.4, -0.2) is 19.9 Å². The first-order valence-corrected chi connectivity index (χ1v) is 9.10. The number of benzene rings is 1. The average Bonchev–Trinajstić information content (AvgIpc) is 3.05. The Hall–Kier alpha value is -2.22. The number of nitrogens with two attached hydrogens (primary N) is 1. The van der Waals surface area contributed by atoms with Crippen LogP contribution in [0, 0.1) is 0 Å². The van der Waals surface area contributed by atoms with E-state index in [2.05, 4.69) is 15.2 Å². The molecule has 0 saturated heterocycles. The fraction of sp³-hybridized carbons (Fsp3) is 0.333. The molecule has 27 heavy (non-hydrogen) atoms. The summed E-state index contributed by atoms with van der Waals surface area (Å²) in [5.74, 6) is 0.838. The molecule has 2 N–H and O–H groups in total. The summed E-state index contributed by atoms with van der Waals surface area (Å²) in [6, 6.07) is 7.59. The normalized spacial score (nSPS) is 11.7. The van der Waals surface area contributed by atoms with Crippen LogP contribution in [0.25, 0.3) is 0 Å². The fourth-order valence-electron chi connectivity index (χ4n) is 2.52. The highest BCUT2D eigenvalue weighted by Crippen LogP contribution is 2.21. The number of nitrogens with zero attached hydrogens (tertiary/aromatic N) is 4. The van der Waals surface area contributed by atoms with Gasteiger partial charge in [-0.25, -0.2) is 4.68 Å². The van der Waals surface area contributed by atoms with Crippen LogP contribution < -0.4 is 11.3 Å². The van der Waals surface area contributed by atoms with Crippen molar-refractivity contribution in [1.82, 2.24) is 19.9 Å². The standard InChI is InChI=1S/C18H19Cl2N5O2/c1-18(2,21)13-9-22-25(17(26)16(13)20)10-15-23-14(24-27-15)8-5-11-3-6-12(19)7-4-11/h3-4,6-7,9H,5,8,10,21H2,1-2H3. The second-order valence-corrected chi connectivity index (χ2v) is 7.60. The van der Waals surface area contributed by atoms with Gasteiger partial charge in [-0.05, 0) is 38.0 Å². The van der Waals surface area contributed by atoms with Crippen molar-refractivity contribution < 1.29 is 4.52 Å². The summed E-state index contributed by atoms with van der Waals surface area (Å²) >= 11 is 12.0. The van der Waals surface area contributed by atoms with Gasteiger partial charge in [0.25, 0.3) is 5.56 Å². The lowest BCUT2D eigenvalue weighted by Gasteiger charge is -2.19. The lowest BCUT2D eigenvalue weighted by atomic mass is 9.98. The molecule has 0 saturated carbocycles. The van der Waals surface area contributed by atoms with E-state index in [0.717, 1.165) is 12.0 Å². The van der Waals surface area contributed by atoms with E-state index < -0.39 is 11.1 Å². The second kappa shape index (κ2) is 7.80. The molecule has 2 aromatic heterocycles. The third-order valence-corrected chi connectivity index (χ3v) is 4.64. The Labute approximate surface area is 166 Å². The zero-order valence-electron chi connectivity index (χ0n) is 14.9. The van der Waals surface area contributed by atoms with E-state index in [1.54, 1.807) is 13.8 Å². The van der Waals surface area contributed by atoms with E-state index in [0.29, 0.717) is 22.8 Å². The van der Waals surface area contributed by atoms with Crippen molar-refractivity contribution in [3.05, 3.63) is 73.7 Å². The average molecular weight is 408 g/mol. The Balaban J connectivity index is 1.70. The maximum Gasteiger partial charge on any atom is 0.286 e. The van der Waals surface area contributed by atoms with Crippen molar-refractivity contribution in [2.75, 3.05) is 0 Å². The Morgan fingerprint density at radius 1 is 1.19 bits per heavy atom. The van der Waals surface area contributed by atoms with Crippen LogP contribution in [0.2, 0.25) is 10.0 Å². The van der Waals surface area contributed by atoms with E-state index in [1.807, 2.05) is 24.3 Å². The molecule has 3 rings (SSSR count). The lowest BCUT2D eigenvalue weighted by molar-refractivity contribution is 0.358. The van der Waals surface area contributed by atoms with Gasteiger partial charge in [0.2, 0.25) is 5.89 Å². The first-order valence-electron chi connectivity index (χ1n) is 8.35. The summed E-state index contributed by atoms with van der Waals surface area (Å²) in [6.45, 7) is 3.55. The highest BCUT2D eigenvalue weighted by Gasteiger charge is 2.22. The van der Waals surface area contributed by atoms with Gasteiger partial charge in [0, 0.05) is 22.5 Å². The molecule has 0 fully saturated rings. The molecule has 3 aromatic rings. The maximum absolute atomic E-state index is 12.4. The number of rotatable bonds is 6. The monoisotopic (exact) mass is 407 g/mol. The van der Waals surface area contributed by atoms with Gasteiger partial charge < -0.3 is 10.3 Å². The molecule has 0 aliphatic heterocycles. The van der Waals surface area contributed by atoms with Gasteiger partial charge in [-0.1, -0.05) is 40.5 Å². The molecular formula is C18H19Cl2N5O2. The number of hydrogen-bond donors (Lipinski definition) is 1. The minimum atomic E-state index is -0.762. The largest absolute Gasteiger partial charge is 0.337 e. The summed E-state index contributed by atoms with van der Waals surface area (Å²) in [4.78, 5) is 16.7. The van der Waals surface area contributed by atoms with Crippen molar-refractivity contribution in [3.63, 3.8) is 0 Å². The molecule has 0 bridgehead atoms. The van der Waals surface area contributed by atoms with Crippen molar-refractivity contribution in [3.8, 4) is 0 Å². The first-order chi connectivity index (χ1) is 12.7. The predicted molar refractivity (Wildman–Crippen MR) is 103 cm³/mol. The third-order valence-electron chi connectivity index (χ3n) is 4.02. The van der Waals surface area contributed by atoms with E-state index in [1.165, 1.54) is 10.9 Å². The van der Waals surface area contributed by atoms with Gasteiger partial charge in [-0.15, -0.1) is 0 Å². The van der Waals surface area contributed by atoms with Crippen LogP contribution in [0.1, 0.15) is 36.7 Å². The van der Waals surface area contributed by atoms with Crippen LogP contribution in [-0.2, 0) is 24.9 Å². The SMILES string of the molecule is CC(C)(N)c1cnn(Cc2nc(CCc3ccc(Cl)cc3)no2)c(=O)c1Cl. The highest BCUT2D eigenvalue weighted by atomic mass is 35.5. The topological polar surface area (TPSA) is 99.8 Å². The van der Waals surface area contributed by atoms with Crippen molar-refractivity contribution in [2.24, 2.45) is 5.73 Å². The van der Waals surface area contributed by atoms with Gasteiger partial charge in [-0.2, -0.15) is 10.1 Å². The van der Waals surface area contributed by atoms with Crippen molar-refractivity contribution in [1.29, 1.82) is 0 Å². The number of aryl methyl sites for hydroxylation is 2. The Kier molecular flexibility index (Phi) is 5.64. The van der Waals surface area contributed by atoms with Crippen LogP contribution in [0.4, 0.5) is 0 Å². The maximum atomic E-state index is 12.4. The Bertz CT molecular complexity index is 990. The number of aromatic nitrogens is 4. The number of halogens is 2. The summed E-state index contributed by atoms with van der Waals surface area (Å²) < 4.78 is 6.39. The zero-order chi connectivity index (χ0) is 19.6. The van der Waals surface area contributed by atoms with Crippen molar-refractivity contribution >= 4 is 23.2 Å². The molecule has 0 aliphatic rings. The molecule has 1 aromatic carbocycles. The van der Waals surface area contributed by atoms with Gasteiger partial charge >= 0.3 is 0 Å². The molecule has 0 spiro atoms. The van der Waals surface area contributed by atoms with E-state index in [9.17, 15) is 4.79 Å². The summed E-state index contributed by atoms with van der Waals surface area (Å²) in [7, 11) is 0. The quantitative estimate of drug-likeness (QED) is 0.673. The second-order valence-electron chi connectivity index (χ2n) is 6.79. The molecule has 9 heteroatoms. The van der Waals surface area contributed by atoms with E-state index in [-0.39, 0.29) is 17.5 Å². The first kappa shape index (κ1) is 19.5. The Morgan fingerprint density at radius 3 is 2.56 bits per heavy atom. The third kappa shape index (κ3) is 4.74. The smallest absolute Gasteiger partial charge is 0.286 e. The summed E-state index contributed by atoms with van der Waals surface area (Å²) in [5, 5.41) is 8.79. The van der Waals surface area contributed by atoms with Crippen LogP contribution in [0.5, 0.6) is 0 Å². The molecule has 142 valence electrons. The lowest BCUT2D eigenvalue weighted by Crippen LogP contribution is -2.34. The molecule has 0 atom stereocenters. The van der Waals surface area contributed by atoms with Crippen LogP contribution in [0.15, 0.2) is 39.8 Å². The van der Waals surface area contributed by atoms with Crippen LogP contribution in [0.3, 0.4) is 0 Å². The van der Waals surface area contributed by atoms with Gasteiger partial charge in [0.1, 0.15) is 11.6 Å². The summed E-state index contributed by atoms with van der Waals surface area (Å²) in [6.07, 6.45) is 2.84. The Morgan fingerprint density at radius 2 is 1.89 bits per heavy atom. The minimum Gasteiger partial charge on any atom is -0.337 e. The molecule has 2 heterocycles. The van der Waals surface area contributed by atoms with Crippen molar-refractivity contribution in [2.45, 2.75) is 38.8 Å². The molecule has 0 unspecified atom stereocenters. The van der Waals surface area contributed by atoms with Crippen LogP contribution >= 0.6 is 23.2 Å². The molecule has 7 nitrogen and oxygen atoms in total. The summed E-state index contributed by atoms with van der Waals surface area (Å²) in [5.41, 5.74) is 6.40. The molecule has 0 amide bonds. The van der Waals surface area contributed by atoms with E-state index in [4.69, 9.17) is 33.5 Å².